The largest absolute Gasteiger partial charge is 0.474 e. The van der Waals surface area contributed by atoms with Crippen LogP contribution in [0.25, 0.3) is 0 Å². The number of hydrogen-bond acceptors (Lipinski definition) is 6. The number of carbonyl (C=O) groups is 1. The summed E-state index contributed by atoms with van der Waals surface area (Å²) in [5.41, 5.74) is 2.20. The number of cyclic esters (lactones) is 1. The molecule has 4 rings (SSSR count). The number of nitrogens with one attached hydrogen (secondary N) is 1. The fourth-order valence-corrected chi connectivity index (χ4v) is 4.98. The van der Waals surface area contributed by atoms with Crippen molar-refractivity contribution in [2.45, 2.75) is 29.9 Å². The standard InChI is InChI=1S/C17H21N3O3S2/c1-22-16(24)18-8-13-9-20(17(21)23-13)11-4-5-14-15(7-11)25-10-12-3-2-6-19(12)14/h4-5,7,12-13H,2-3,6,8-10H2,1H3,(H,18,24)/t12-,13-/m0/s1. The first-order chi connectivity index (χ1) is 12.2. The maximum atomic E-state index is 12.2. The zero-order valence-electron chi connectivity index (χ0n) is 14.1. The zero-order chi connectivity index (χ0) is 17.4. The predicted molar refractivity (Wildman–Crippen MR) is 103 cm³/mol. The van der Waals surface area contributed by atoms with E-state index in [-0.39, 0.29) is 12.2 Å². The van der Waals surface area contributed by atoms with Crippen LogP contribution in [0.3, 0.4) is 0 Å². The number of thiocarbonyl (C=S) groups is 1. The Morgan fingerprint density at radius 2 is 2.40 bits per heavy atom. The van der Waals surface area contributed by atoms with E-state index in [9.17, 15) is 4.79 Å². The zero-order valence-corrected chi connectivity index (χ0v) is 15.7. The number of amides is 1. The van der Waals surface area contributed by atoms with Gasteiger partial charge in [0.15, 0.2) is 0 Å². The molecule has 0 bridgehead atoms. The van der Waals surface area contributed by atoms with Gasteiger partial charge in [-0.25, -0.2) is 4.79 Å². The van der Waals surface area contributed by atoms with E-state index < -0.39 is 0 Å². The molecule has 2 saturated heterocycles. The maximum Gasteiger partial charge on any atom is 0.414 e. The molecule has 0 aromatic heterocycles. The van der Waals surface area contributed by atoms with Crippen molar-refractivity contribution in [2.75, 3.05) is 42.3 Å². The first kappa shape index (κ1) is 16.8. The number of fused-ring (bicyclic) bond motifs is 3. The van der Waals surface area contributed by atoms with Crippen molar-refractivity contribution in [2.24, 2.45) is 0 Å². The first-order valence-corrected chi connectivity index (χ1v) is 9.88. The number of thioether (sulfide) groups is 1. The van der Waals surface area contributed by atoms with E-state index in [0.29, 0.717) is 24.3 Å². The Morgan fingerprint density at radius 1 is 1.52 bits per heavy atom. The van der Waals surface area contributed by atoms with E-state index in [0.717, 1.165) is 18.0 Å². The Morgan fingerprint density at radius 3 is 3.24 bits per heavy atom. The van der Waals surface area contributed by atoms with Crippen LogP contribution in [0, 0.1) is 0 Å². The Balaban J connectivity index is 1.47. The Bertz CT molecular complexity index is 700. The highest BCUT2D eigenvalue weighted by atomic mass is 32.2. The minimum absolute atomic E-state index is 0.243. The molecule has 1 amide bonds. The van der Waals surface area contributed by atoms with Crippen molar-refractivity contribution in [3.8, 4) is 0 Å². The third kappa shape index (κ3) is 3.25. The van der Waals surface area contributed by atoms with Crippen molar-refractivity contribution in [1.29, 1.82) is 0 Å². The van der Waals surface area contributed by atoms with E-state index in [4.69, 9.17) is 21.7 Å². The fourth-order valence-electron chi connectivity index (χ4n) is 3.64. The molecule has 0 saturated carbocycles. The van der Waals surface area contributed by atoms with E-state index in [2.05, 4.69) is 22.3 Å². The minimum atomic E-state index is -0.310. The number of carbonyl (C=O) groups excluding carboxylic acids is 1. The van der Waals surface area contributed by atoms with Gasteiger partial charge < -0.3 is 19.7 Å². The molecule has 2 atom stereocenters. The summed E-state index contributed by atoms with van der Waals surface area (Å²) in [4.78, 5) is 17.7. The molecule has 0 aliphatic carbocycles. The number of nitrogens with zero attached hydrogens (tertiary/aromatic N) is 2. The molecule has 6 nitrogen and oxygen atoms in total. The number of ether oxygens (including phenoxy) is 2. The predicted octanol–water partition coefficient (Wildman–Crippen LogP) is 2.61. The highest BCUT2D eigenvalue weighted by Crippen LogP contribution is 2.43. The molecule has 0 spiro atoms. The van der Waals surface area contributed by atoms with Crippen LogP contribution in [0.1, 0.15) is 12.8 Å². The lowest BCUT2D eigenvalue weighted by molar-refractivity contribution is 0.142. The molecule has 0 radical (unpaired) electrons. The van der Waals surface area contributed by atoms with Crippen LogP contribution < -0.4 is 15.1 Å². The van der Waals surface area contributed by atoms with Crippen molar-refractivity contribution >= 4 is 46.6 Å². The SMILES string of the molecule is COC(=S)NC[C@H]1CN(c2ccc3c(c2)SC[C@@H]2CCCN32)C(=O)O1. The van der Waals surface area contributed by atoms with Crippen LogP contribution in [0.5, 0.6) is 0 Å². The molecule has 134 valence electrons. The highest BCUT2D eigenvalue weighted by Gasteiger charge is 2.34. The van der Waals surface area contributed by atoms with Gasteiger partial charge in [-0.15, -0.1) is 11.8 Å². The molecule has 1 aromatic carbocycles. The lowest BCUT2D eigenvalue weighted by Gasteiger charge is -2.33. The van der Waals surface area contributed by atoms with Crippen molar-refractivity contribution in [3.63, 3.8) is 0 Å². The van der Waals surface area contributed by atoms with Gasteiger partial charge in [-0.3, -0.25) is 4.90 Å². The average Bonchev–Trinajstić information content (AvgIpc) is 3.25. The number of hydrogen-bond donors (Lipinski definition) is 1. The smallest absolute Gasteiger partial charge is 0.414 e. The van der Waals surface area contributed by atoms with Crippen LogP contribution >= 0.6 is 24.0 Å². The summed E-state index contributed by atoms with van der Waals surface area (Å²) in [5, 5.41) is 3.24. The Labute approximate surface area is 156 Å². The Kier molecular flexibility index (Phi) is 4.64. The van der Waals surface area contributed by atoms with Crippen molar-refractivity contribution in [3.05, 3.63) is 18.2 Å². The molecule has 2 fully saturated rings. The van der Waals surface area contributed by atoms with Gasteiger partial charge in [0, 0.05) is 28.9 Å². The normalized spacial score (nSPS) is 24.6. The van der Waals surface area contributed by atoms with Crippen LogP contribution in [-0.4, -0.2) is 55.9 Å². The average molecular weight is 380 g/mol. The van der Waals surface area contributed by atoms with Crippen LogP contribution in [-0.2, 0) is 9.47 Å². The third-order valence-electron chi connectivity index (χ3n) is 4.91. The molecule has 1 aromatic rings. The third-order valence-corrected chi connectivity index (χ3v) is 6.41. The molecule has 0 unspecified atom stereocenters. The topological polar surface area (TPSA) is 54.0 Å². The monoisotopic (exact) mass is 379 g/mol. The van der Waals surface area contributed by atoms with Crippen LogP contribution in [0.15, 0.2) is 23.1 Å². The Hall–Kier alpha value is -1.67. The van der Waals surface area contributed by atoms with E-state index in [1.807, 2.05) is 17.8 Å². The first-order valence-electron chi connectivity index (χ1n) is 8.49. The molecule has 3 aliphatic rings. The lowest BCUT2D eigenvalue weighted by atomic mass is 10.2. The van der Waals surface area contributed by atoms with Gasteiger partial charge in [-0.2, -0.15) is 0 Å². The maximum absolute atomic E-state index is 12.2. The summed E-state index contributed by atoms with van der Waals surface area (Å²) in [5.74, 6) is 1.13. The molecular formula is C17H21N3O3S2. The second-order valence-electron chi connectivity index (χ2n) is 6.44. The summed E-state index contributed by atoms with van der Waals surface area (Å²) >= 11 is 6.84. The number of rotatable bonds is 3. The van der Waals surface area contributed by atoms with Gasteiger partial charge in [-0.1, -0.05) is 0 Å². The van der Waals surface area contributed by atoms with E-state index >= 15 is 0 Å². The van der Waals surface area contributed by atoms with Gasteiger partial charge in [-0.05, 0) is 43.3 Å². The summed E-state index contributed by atoms with van der Waals surface area (Å²) in [6, 6.07) is 6.95. The quantitative estimate of drug-likeness (QED) is 0.810. The van der Waals surface area contributed by atoms with Crippen LogP contribution in [0.2, 0.25) is 0 Å². The molecule has 3 heterocycles. The highest BCUT2D eigenvalue weighted by molar-refractivity contribution is 7.99. The van der Waals surface area contributed by atoms with Crippen molar-refractivity contribution < 1.29 is 14.3 Å². The van der Waals surface area contributed by atoms with Crippen LogP contribution in [0.4, 0.5) is 16.2 Å². The summed E-state index contributed by atoms with van der Waals surface area (Å²) in [6.07, 6.45) is 2.00. The fraction of sp³-hybridized carbons (Fsp3) is 0.529. The van der Waals surface area contributed by atoms with E-state index in [1.165, 1.54) is 30.5 Å². The lowest BCUT2D eigenvalue weighted by Crippen LogP contribution is -2.35. The molecule has 25 heavy (non-hydrogen) atoms. The van der Waals surface area contributed by atoms with Gasteiger partial charge in [0.1, 0.15) is 6.10 Å². The minimum Gasteiger partial charge on any atom is -0.474 e. The van der Waals surface area contributed by atoms with Gasteiger partial charge in [0.05, 0.1) is 25.9 Å². The molecule has 1 N–H and O–H groups in total. The summed E-state index contributed by atoms with van der Waals surface area (Å²) < 4.78 is 10.3. The summed E-state index contributed by atoms with van der Waals surface area (Å²) in [6.45, 7) is 2.09. The molecular weight excluding hydrogens is 358 g/mol. The number of anilines is 2. The number of benzene rings is 1. The van der Waals surface area contributed by atoms with Gasteiger partial charge >= 0.3 is 6.09 Å². The second kappa shape index (κ2) is 6.92. The molecule has 3 aliphatic heterocycles. The number of methoxy groups -OCH3 is 1. The second-order valence-corrected chi connectivity index (χ2v) is 7.87. The summed E-state index contributed by atoms with van der Waals surface area (Å²) in [7, 11) is 1.51. The van der Waals surface area contributed by atoms with Gasteiger partial charge in [0.2, 0.25) is 0 Å². The van der Waals surface area contributed by atoms with Crippen molar-refractivity contribution in [1.82, 2.24) is 5.32 Å². The van der Waals surface area contributed by atoms with Gasteiger partial charge in [0.25, 0.3) is 5.17 Å². The van der Waals surface area contributed by atoms with E-state index in [1.54, 1.807) is 4.90 Å². The molecule has 8 heteroatoms.